The predicted octanol–water partition coefficient (Wildman–Crippen LogP) is 2.39. The molecule has 1 heterocycles. The molecule has 0 atom stereocenters. The largest absolute Gasteiger partial charge is 0.347 e. The van der Waals surface area contributed by atoms with E-state index >= 15 is 0 Å². The Morgan fingerprint density at radius 2 is 1.70 bits per heavy atom. The van der Waals surface area contributed by atoms with Crippen LogP contribution in [0.3, 0.4) is 0 Å². The Labute approximate surface area is 120 Å². The van der Waals surface area contributed by atoms with Crippen LogP contribution in [0.1, 0.15) is 26.2 Å². The maximum absolute atomic E-state index is 12.3. The summed E-state index contributed by atoms with van der Waals surface area (Å²) in [6.07, 6.45) is 2.56. The Hall–Kier alpha value is -0.910. The van der Waals surface area contributed by atoms with Gasteiger partial charge in [-0.3, -0.25) is 0 Å². The van der Waals surface area contributed by atoms with Gasteiger partial charge >= 0.3 is 0 Å². The molecule has 0 unspecified atom stereocenters. The van der Waals surface area contributed by atoms with Crippen LogP contribution in [0.15, 0.2) is 35.2 Å². The van der Waals surface area contributed by atoms with Gasteiger partial charge < -0.3 is 9.47 Å². The molecule has 1 saturated heterocycles. The topological polar surface area (TPSA) is 52.6 Å². The highest BCUT2D eigenvalue weighted by Gasteiger charge is 2.60. The molecular formula is C15H20O4S. The van der Waals surface area contributed by atoms with Crippen molar-refractivity contribution in [2.24, 2.45) is 5.41 Å². The lowest BCUT2D eigenvalue weighted by atomic mass is 9.93. The molecule has 1 aromatic rings. The van der Waals surface area contributed by atoms with Crippen molar-refractivity contribution < 1.29 is 17.9 Å². The molecule has 1 aliphatic heterocycles. The molecule has 1 saturated carbocycles. The summed E-state index contributed by atoms with van der Waals surface area (Å²) in [5, 5.41) is 0. The fourth-order valence-electron chi connectivity index (χ4n) is 2.98. The van der Waals surface area contributed by atoms with Crippen LogP contribution in [0.2, 0.25) is 0 Å². The molecule has 1 aliphatic carbocycles. The Bertz CT molecular complexity index is 569. The van der Waals surface area contributed by atoms with E-state index in [2.05, 4.69) is 0 Å². The number of hydrogen-bond acceptors (Lipinski definition) is 4. The van der Waals surface area contributed by atoms with E-state index in [0.29, 0.717) is 24.5 Å². The zero-order valence-corrected chi connectivity index (χ0v) is 12.5. The molecule has 110 valence electrons. The first kappa shape index (κ1) is 14.0. The number of sulfone groups is 1. The molecule has 20 heavy (non-hydrogen) atoms. The van der Waals surface area contributed by atoms with Crippen LogP contribution < -0.4 is 0 Å². The molecule has 2 fully saturated rings. The van der Waals surface area contributed by atoms with Gasteiger partial charge in [-0.2, -0.15) is 0 Å². The van der Waals surface area contributed by atoms with Crippen molar-refractivity contribution in [3.05, 3.63) is 30.3 Å². The standard InChI is InChI=1S/C15H20O4S/c1-14(18-10-11-19-14)15(7-8-15)9-12-20(16,17)13-5-3-2-4-6-13/h2-6H,7-12H2,1H3. The van der Waals surface area contributed by atoms with Crippen LogP contribution in [0.5, 0.6) is 0 Å². The second-order valence-corrected chi connectivity index (χ2v) is 7.91. The smallest absolute Gasteiger partial charge is 0.178 e. The molecule has 0 N–H and O–H groups in total. The van der Waals surface area contributed by atoms with Crippen LogP contribution in [-0.4, -0.2) is 33.2 Å². The fourth-order valence-corrected chi connectivity index (χ4v) is 4.45. The van der Waals surface area contributed by atoms with Crippen LogP contribution in [0, 0.1) is 5.41 Å². The lowest BCUT2D eigenvalue weighted by molar-refractivity contribution is -0.192. The van der Waals surface area contributed by atoms with Crippen LogP contribution >= 0.6 is 0 Å². The van der Waals surface area contributed by atoms with Crippen molar-refractivity contribution in [2.45, 2.75) is 36.9 Å². The van der Waals surface area contributed by atoms with E-state index in [1.54, 1.807) is 24.3 Å². The van der Waals surface area contributed by atoms with E-state index in [9.17, 15) is 8.42 Å². The van der Waals surface area contributed by atoms with Gasteiger partial charge in [-0.05, 0) is 38.3 Å². The maximum atomic E-state index is 12.3. The number of rotatable bonds is 5. The van der Waals surface area contributed by atoms with Gasteiger partial charge in [0.25, 0.3) is 0 Å². The van der Waals surface area contributed by atoms with E-state index in [-0.39, 0.29) is 11.2 Å². The van der Waals surface area contributed by atoms with E-state index in [1.165, 1.54) is 0 Å². The van der Waals surface area contributed by atoms with Gasteiger partial charge in [-0.15, -0.1) is 0 Å². The first-order chi connectivity index (χ1) is 9.48. The van der Waals surface area contributed by atoms with Gasteiger partial charge in [0.2, 0.25) is 0 Å². The highest BCUT2D eigenvalue weighted by molar-refractivity contribution is 7.91. The first-order valence-electron chi connectivity index (χ1n) is 7.03. The SMILES string of the molecule is CC1(C2(CCS(=O)(=O)c3ccccc3)CC2)OCCO1. The van der Waals surface area contributed by atoms with Crippen LogP contribution in [-0.2, 0) is 19.3 Å². The van der Waals surface area contributed by atoms with Crippen molar-refractivity contribution in [2.75, 3.05) is 19.0 Å². The van der Waals surface area contributed by atoms with Crippen molar-refractivity contribution in [1.82, 2.24) is 0 Å². The average molecular weight is 296 g/mol. The third kappa shape index (κ3) is 2.38. The molecule has 0 radical (unpaired) electrons. The molecule has 5 heteroatoms. The molecule has 3 rings (SSSR count). The zero-order valence-electron chi connectivity index (χ0n) is 11.7. The Morgan fingerprint density at radius 1 is 1.10 bits per heavy atom. The van der Waals surface area contributed by atoms with Gasteiger partial charge in [0.05, 0.1) is 23.9 Å². The number of ether oxygens (including phenoxy) is 2. The molecule has 0 spiro atoms. The number of hydrogen-bond donors (Lipinski definition) is 0. The summed E-state index contributed by atoms with van der Waals surface area (Å²) in [6.45, 7) is 3.15. The average Bonchev–Trinajstić information content (AvgIpc) is 3.14. The lowest BCUT2D eigenvalue weighted by Crippen LogP contribution is -2.38. The van der Waals surface area contributed by atoms with Crippen LogP contribution in [0.25, 0.3) is 0 Å². The van der Waals surface area contributed by atoms with Gasteiger partial charge in [0.15, 0.2) is 15.6 Å². The van der Waals surface area contributed by atoms with Gasteiger partial charge in [-0.25, -0.2) is 8.42 Å². The third-order valence-corrected chi connectivity index (χ3v) is 6.34. The zero-order chi connectivity index (χ0) is 14.3. The third-order valence-electron chi connectivity index (χ3n) is 4.61. The van der Waals surface area contributed by atoms with Gasteiger partial charge in [0.1, 0.15) is 0 Å². The summed E-state index contributed by atoms with van der Waals surface area (Å²) in [4.78, 5) is 0.397. The summed E-state index contributed by atoms with van der Waals surface area (Å²) in [7, 11) is -3.22. The van der Waals surface area contributed by atoms with Crippen molar-refractivity contribution in [3.8, 4) is 0 Å². The second-order valence-electron chi connectivity index (χ2n) is 5.80. The molecular weight excluding hydrogens is 276 g/mol. The van der Waals surface area contributed by atoms with E-state index < -0.39 is 15.6 Å². The summed E-state index contributed by atoms with van der Waals surface area (Å²) in [6, 6.07) is 8.63. The summed E-state index contributed by atoms with van der Waals surface area (Å²) < 4.78 is 36.1. The number of benzene rings is 1. The van der Waals surface area contributed by atoms with Crippen LogP contribution in [0.4, 0.5) is 0 Å². The monoisotopic (exact) mass is 296 g/mol. The first-order valence-corrected chi connectivity index (χ1v) is 8.69. The normalized spacial score (nSPS) is 23.6. The predicted molar refractivity (Wildman–Crippen MR) is 75.1 cm³/mol. The Kier molecular flexibility index (Phi) is 3.39. The van der Waals surface area contributed by atoms with E-state index in [1.807, 2.05) is 13.0 Å². The van der Waals surface area contributed by atoms with Crippen molar-refractivity contribution in [1.29, 1.82) is 0 Å². The lowest BCUT2D eigenvalue weighted by Gasteiger charge is -2.32. The molecule has 0 aromatic heterocycles. The Morgan fingerprint density at radius 3 is 2.25 bits per heavy atom. The fraction of sp³-hybridized carbons (Fsp3) is 0.600. The minimum atomic E-state index is -3.22. The molecule has 2 aliphatic rings. The van der Waals surface area contributed by atoms with Crippen molar-refractivity contribution in [3.63, 3.8) is 0 Å². The molecule has 0 bridgehead atoms. The van der Waals surface area contributed by atoms with E-state index in [0.717, 1.165) is 12.8 Å². The molecule has 0 amide bonds. The summed E-state index contributed by atoms with van der Waals surface area (Å²) in [5.74, 6) is -0.446. The van der Waals surface area contributed by atoms with E-state index in [4.69, 9.17) is 9.47 Å². The summed E-state index contributed by atoms with van der Waals surface area (Å²) in [5.41, 5.74) is -0.120. The second kappa shape index (κ2) is 4.83. The Balaban J connectivity index is 1.71. The van der Waals surface area contributed by atoms with Crippen molar-refractivity contribution >= 4 is 9.84 Å². The van der Waals surface area contributed by atoms with Gasteiger partial charge in [-0.1, -0.05) is 18.2 Å². The quantitative estimate of drug-likeness (QED) is 0.837. The van der Waals surface area contributed by atoms with Gasteiger partial charge in [0, 0.05) is 5.41 Å². The maximum Gasteiger partial charge on any atom is 0.178 e. The minimum Gasteiger partial charge on any atom is -0.347 e. The highest BCUT2D eigenvalue weighted by atomic mass is 32.2. The minimum absolute atomic E-state index is 0.120. The molecule has 1 aromatic carbocycles. The summed E-state index contributed by atoms with van der Waals surface area (Å²) >= 11 is 0. The highest BCUT2D eigenvalue weighted by Crippen LogP contribution is 2.59. The molecule has 4 nitrogen and oxygen atoms in total.